The Labute approximate surface area is 169 Å². The number of pyridine rings is 1. The zero-order valence-electron chi connectivity index (χ0n) is 16.5. The van der Waals surface area contributed by atoms with Gasteiger partial charge in [-0.3, -0.25) is 5.43 Å². The van der Waals surface area contributed by atoms with Crippen molar-refractivity contribution in [3.63, 3.8) is 0 Å². The Morgan fingerprint density at radius 1 is 1.28 bits per heavy atom. The number of hydrogen-bond donors (Lipinski definition) is 3. The van der Waals surface area contributed by atoms with Crippen molar-refractivity contribution in [2.45, 2.75) is 0 Å². The number of H-pyrrole nitrogens is 1. The fourth-order valence-electron chi connectivity index (χ4n) is 3.25. The number of nitrogens with zero attached hydrogens (tertiary/aromatic N) is 3. The fourth-order valence-corrected chi connectivity index (χ4v) is 3.25. The van der Waals surface area contributed by atoms with Gasteiger partial charge in [0.1, 0.15) is 6.61 Å². The third-order valence-corrected chi connectivity index (χ3v) is 4.76. The third-order valence-electron chi connectivity index (χ3n) is 4.76. The van der Waals surface area contributed by atoms with Crippen molar-refractivity contribution >= 4 is 28.5 Å². The average Bonchev–Trinajstić information content (AvgIpc) is 3.18. The first-order chi connectivity index (χ1) is 14.3. The molecule has 0 radical (unpaired) electrons. The van der Waals surface area contributed by atoms with Gasteiger partial charge in [0.05, 0.1) is 30.8 Å². The highest BCUT2D eigenvalue weighted by Crippen LogP contribution is 2.23. The van der Waals surface area contributed by atoms with Gasteiger partial charge in [-0.25, -0.2) is 4.98 Å². The molecule has 1 fully saturated rings. The van der Waals surface area contributed by atoms with Crippen molar-refractivity contribution in [3.05, 3.63) is 48.3 Å². The molecule has 0 aliphatic carbocycles. The van der Waals surface area contributed by atoms with Gasteiger partial charge >= 0.3 is 0 Å². The number of rotatable bonds is 8. The Hall–Kier alpha value is -3.10. The van der Waals surface area contributed by atoms with Crippen LogP contribution in [0, 0.1) is 0 Å². The smallest absolute Gasteiger partial charge is 0.215 e. The van der Waals surface area contributed by atoms with Crippen molar-refractivity contribution in [1.29, 1.82) is 0 Å². The van der Waals surface area contributed by atoms with Gasteiger partial charge in [0, 0.05) is 48.5 Å². The van der Waals surface area contributed by atoms with E-state index in [9.17, 15) is 0 Å². The molecule has 0 amide bonds. The lowest BCUT2D eigenvalue weighted by molar-refractivity contribution is 0.122. The number of ether oxygens (including phenoxy) is 2. The van der Waals surface area contributed by atoms with Gasteiger partial charge < -0.3 is 24.7 Å². The molecule has 152 valence electrons. The van der Waals surface area contributed by atoms with Crippen molar-refractivity contribution in [3.8, 4) is 5.88 Å². The monoisotopic (exact) mass is 394 g/mol. The van der Waals surface area contributed by atoms with E-state index in [0.717, 1.165) is 60.8 Å². The molecule has 3 aromatic rings. The van der Waals surface area contributed by atoms with Gasteiger partial charge in [-0.15, -0.1) is 0 Å². The lowest BCUT2D eigenvalue weighted by Crippen LogP contribution is -2.36. The van der Waals surface area contributed by atoms with Crippen LogP contribution in [0.25, 0.3) is 10.9 Å². The normalized spacial score (nSPS) is 14.6. The molecule has 0 unspecified atom stereocenters. The number of aromatic nitrogens is 2. The van der Waals surface area contributed by atoms with Crippen LogP contribution >= 0.6 is 0 Å². The molecule has 0 spiro atoms. The number of benzene rings is 1. The minimum Gasteiger partial charge on any atom is -0.476 e. The molecule has 2 aromatic heterocycles. The van der Waals surface area contributed by atoms with Gasteiger partial charge in [-0.2, -0.15) is 5.10 Å². The molecule has 4 rings (SSSR count). The summed E-state index contributed by atoms with van der Waals surface area (Å²) in [5, 5.41) is 8.56. The number of morpholine rings is 1. The number of fused-ring (bicyclic) bond motifs is 1. The highest BCUT2D eigenvalue weighted by atomic mass is 16.5. The van der Waals surface area contributed by atoms with Crippen LogP contribution in [0.15, 0.2) is 47.7 Å². The molecule has 1 saturated heterocycles. The summed E-state index contributed by atoms with van der Waals surface area (Å²) in [4.78, 5) is 10.1. The largest absolute Gasteiger partial charge is 0.476 e. The first-order valence-corrected chi connectivity index (χ1v) is 9.81. The average molecular weight is 394 g/mol. The number of hydrazone groups is 1. The van der Waals surface area contributed by atoms with Gasteiger partial charge in [-0.05, 0) is 19.2 Å². The molecule has 1 aliphatic heterocycles. The van der Waals surface area contributed by atoms with E-state index in [0.29, 0.717) is 12.5 Å². The van der Waals surface area contributed by atoms with E-state index < -0.39 is 0 Å². The quantitative estimate of drug-likeness (QED) is 0.309. The highest BCUT2D eigenvalue weighted by molar-refractivity contribution is 5.92. The summed E-state index contributed by atoms with van der Waals surface area (Å²) < 4.78 is 11.3. The molecule has 8 nitrogen and oxygen atoms in total. The van der Waals surface area contributed by atoms with Crippen molar-refractivity contribution in [2.75, 3.05) is 56.8 Å². The summed E-state index contributed by atoms with van der Waals surface area (Å²) in [6.45, 7) is 4.47. The van der Waals surface area contributed by atoms with Gasteiger partial charge in [0.15, 0.2) is 0 Å². The SMILES string of the molecule is CNCCOc1cc(N2CCOCC2)cc(/C=N/Nc2c[nH]c3ccccc23)n1. The zero-order chi connectivity index (χ0) is 19.9. The molecule has 1 aromatic carbocycles. The van der Waals surface area contributed by atoms with E-state index >= 15 is 0 Å². The number of aromatic amines is 1. The Morgan fingerprint density at radius 3 is 3.00 bits per heavy atom. The minimum absolute atomic E-state index is 0.556. The molecule has 8 heteroatoms. The second-order valence-electron chi connectivity index (χ2n) is 6.76. The van der Waals surface area contributed by atoms with E-state index in [1.165, 1.54) is 0 Å². The van der Waals surface area contributed by atoms with E-state index in [1.54, 1.807) is 6.21 Å². The second-order valence-corrected chi connectivity index (χ2v) is 6.76. The summed E-state index contributed by atoms with van der Waals surface area (Å²) in [5.74, 6) is 0.595. The van der Waals surface area contributed by atoms with Gasteiger partial charge in [0.25, 0.3) is 0 Å². The molecular weight excluding hydrogens is 368 g/mol. The Morgan fingerprint density at radius 2 is 2.14 bits per heavy atom. The first-order valence-electron chi connectivity index (χ1n) is 9.81. The van der Waals surface area contributed by atoms with Crippen LogP contribution in [0.4, 0.5) is 11.4 Å². The number of anilines is 2. The molecule has 1 aliphatic rings. The van der Waals surface area contributed by atoms with Crippen LogP contribution in [0.2, 0.25) is 0 Å². The fraction of sp³-hybridized carbons (Fsp3) is 0.333. The summed E-state index contributed by atoms with van der Waals surface area (Å²) in [7, 11) is 1.90. The Kier molecular flexibility index (Phi) is 6.23. The predicted octanol–water partition coefficient (Wildman–Crippen LogP) is 2.44. The maximum Gasteiger partial charge on any atom is 0.215 e. The van der Waals surface area contributed by atoms with Crippen LogP contribution in [0.1, 0.15) is 5.69 Å². The van der Waals surface area contributed by atoms with E-state index in [4.69, 9.17) is 9.47 Å². The summed E-state index contributed by atoms with van der Waals surface area (Å²) in [5.41, 5.74) is 6.89. The van der Waals surface area contributed by atoms with Crippen LogP contribution < -0.4 is 20.4 Å². The van der Waals surface area contributed by atoms with Crippen LogP contribution in [0.3, 0.4) is 0 Å². The number of para-hydroxylation sites is 1. The molecule has 29 heavy (non-hydrogen) atoms. The van der Waals surface area contributed by atoms with Crippen molar-refractivity contribution < 1.29 is 9.47 Å². The highest BCUT2D eigenvalue weighted by Gasteiger charge is 2.14. The van der Waals surface area contributed by atoms with Crippen molar-refractivity contribution in [2.24, 2.45) is 5.10 Å². The molecule has 0 bridgehead atoms. The predicted molar refractivity (Wildman–Crippen MR) is 116 cm³/mol. The number of nitrogens with one attached hydrogen (secondary N) is 3. The van der Waals surface area contributed by atoms with E-state index in [1.807, 2.05) is 43.6 Å². The van der Waals surface area contributed by atoms with E-state index in [-0.39, 0.29) is 0 Å². The molecule has 3 heterocycles. The van der Waals surface area contributed by atoms with Crippen LogP contribution in [-0.4, -0.2) is 62.7 Å². The van der Waals surface area contributed by atoms with Crippen LogP contribution in [0.5, 0.6) is 5.88 Å². The number of likely N-dealkylation sites (N-methyl/N-ethyl adjacent to an activating group) is 1. The lowest BCUT2D eigenvalue weighted by Gasteiger charge is -2.29. The topological polar surface area (TPSA) is 86.8 Å². The molecule has 0 atom stereocenters. The molecular formula is C21H26N6O2. The van der Waals surface area contributed by atoms with Crippen molar-refractivity contribution in [1.82, 2.24) is 15.3 Å². The summed E-state index contributed by atoms with van der Waals surface area (Å²) in [6, 6.07) is 12.1. The zero-order valence-corrected chi connectivity index (χ0v) is 16.5. The van der Waals surface area contributed by atoms with Crippen LogP contribution in [-0.2, 0) is 4.74 Å². The Bertz CT molecular complexity index is 965. The molecule has 3 N–H and O–H groups in total. The van der Waals surface area contributed by atoms with E-state index in [2.05, 4.69) is 36.8 Å². The third kappa shape index (κ3) is 4.85. The maximum atomic E-state index is 5.81. The lowest BCUT2D eigenvalue weighted by atomic mass is 10.2. The summed E-state index contributed by atoms with van der Waals surface area (Å²) >= 11 is 0. The first kappa shape index (κ1) is 19.2. The Balaban J connectivity index is 1.52. The second kappa shape index (κ2) is 9.40. The summed E-state index contributed by atoms with van der Waals surface area (Å²) in [6.07, 6.45) is 3.63. The van der Waals surface area contributed by atoms with Gasteiger partial charge in [-0.1, -0.05) is 18.2 Å². The standard InChI is InChI=1S/C21H26N6O2/c1-22-6-9-29-21-13-17(27-7-10-28-11-8-27)12-16(25-21)14-24-26-20-15-23-19-5-3-2-4-18(19)20/h2-5,12-15,22-23,26H,6-11H2,1H3/b24-14+. The molecule has 0 saturated carbocycles. The maximum absolute atomic E-state index is 5.81. The minimum atomic E-state index is 0.556. The van der Waals surface area contributed by atoms with Gasteiger partial charge in [0.2, 0.25) is 5.88 Å². The number of hydrogen-bond acceptors (Lipinski definition) is 7.